The van der Waals surface area contributed by atoms with Gasteiger partial charge in [0.05, 0.1) is 0 Å². The van der Waals surface area contributed by atoms with Crippen LogP contribution in [0.15, 0.2) is 0 Å². The summed E-state index contributed by atoms with van der Waals surface area (Å²) in [6, 6.07) is -1.33. The summed E-state index contributed by atoms with van der Waals surface area (Å²) in [5.74, 6) is -0.556. The number of hydrogen-bond donors (Lipinski definition) is 3. The average Bonchev–Trinajstić information content (AvgIpc) is 2.89. The molecule has 0 bridgehead atoms. The summed E-state index contributed by atoms with van der Waals surface area (Å²) in [6.07, 6.45) is 1.35. The Kier molecular flexibility index (Phi) is 4.95. The van der Waals surface area contributed by atoms with Gasteiger partial charge in [0.2, 0.25) is 0 Å². The standard InChI is InChI=1S/C12H22N2O4/c1-12(2)6-8(12)7-13-11(17)14-9(10(15)16)4-5-18-3/h8-9H,4-7H2,1-3H3,(H,15,16)(H2,13,14,17). The molecule has 0 radical (unpaired) electrons. The van der Waals surface area contributed by atoms with Crippen molar-refractivity contribution in [2.24, 2.45) is 11.3 Å². The van der Waals surface area contributed by atoms with Gasteiger partial charge in [-0.2, -0.15) is 0 Å². The molecule has 0 saturated heterocycles. The van der Waals surface area contributed by atoms with Crippen molar-refractivity contribution in [2.75, 3.05) is 20.3 Å². The van der Waals surface area contributed by atoms with Crippen molar-refractivity contribution in [3.8, 4) is 0 Å². The van der Waals surface area contributed by atoms with Gasteiger partial charge in [-0.3, -0.25) is 0 Å². The lowest BCUT2D eigenvalue weighted by Crippen LogP contribution is -2.47. The van der Waals surface area contributed by atoms with E-state index in [9.17, 15) is 9.59 Å². The number of rotatable bonds is 7. The topological polar surface area (TPSA) is 87.7 Å². The Bertz CT molecular complexity index is 317. The smallest absolute Gasteiger partial charge is 0.326 e. The first-order chi connectivity index (χ1) is 8.36. The molecule has 2 unspecified atom stereocenters. The van der Waals surface area contributed by atoms with Crippen LogP contribution in [0.4, 0.5) is 4.79 Å². The first-order valence-electron chi connectivity index (χ1n) is 6.13. The zero-order valence-electron chi connectivity index (χ0n) is 11.2. The fourth-order valence-corrected chi connectivity index (χ4v) is 1.84. The summed E-state index contributed by atoms with van der Waals surface area (Å²) in [5, 5.41) is 14.1. The molecule has 104 valence electrons. The van der Waals surface area contributed by atoms with E-state index < -0.39 is 18.0 Å². The lowest BCUT2D eigenvalue weighted by molar-refractivity contribution is -0.139. The van der Waals surface area contributed by atoms with E-state index in [1.165, 1.54) is 7.11 Å². The number of ether oxygens (including phenoxy) is 1. The van der Waals surface area contributed by atoms with Crippen LogP contribution in [0, 0.1) is 11.3 Å². The predicted molar refractivity (Wildman–Crippen MR) is 66.3 cm³/mol. The molecule has 2 amide bonds. The van der Waals surface area contributed by atoms with Gasteiger partial charge in [-0.15, -0.1) is 0 Å². The van der Waals surface area contributed by atoms with Crippen LogP contribution in [0.3, 0.4) is 0 Å². The number of aliphatic carboxylic acids is 1. The fourth-order valence-electron chi connectivity index (χ4n) is 1.84. The Labute approximate surface area is 107 Å². The molecule has 0 spiro atoms. The number of methoxy groups -OCH3 is 1. The molecular formula is C12H22N2O4. The molecule has 1 aliphatic carbocycles. The third-order valence-corrected chi connectivity index (χ3v) is 3.44. The van der Waals surface area contributed by atoms with Gasteiger partial charge >= 0.3 is 12.0 Å². The minimum Gasteiger partial charge on any atom is -0.480 e. The summed E-state index contributed by atoms with van der Waals surface area (Å²) in [6.45, 7) is 5.19. The number of carboxylic acid groups (broad SMARTS) is 1. The van der Waals surface area contributed by atoms with Gasteiger partial charge in [0.1, 0.15) is 6.04 Å². The number of carboxylic acids is 1. The van der Waals surface area contributed by atoms with Gasteiger partial charge in [0.15, 0.2) is 0 Å². The fraction of sp³-hybridized carbons (Fsp3) is 0.833. The molecule has 1 fully saturated rings. The zero-order chi connectivity index (χ0) is 13.8. The molecule has 6 nitrogen and oxygen atoms in total. The molecule has 0 aliphatic heterocycles. The Morgan fingerprint density at radius 3 is 2.56 bits per heavy atom. The van der Waals surface area contributed by atoms with E-state index in [0.717, 1.165) is 6.42 Å². The maximum absolute atomic E-state index is 11.5. The van der Waals surface area contributed by atoms with Gasteiger partial charge in [0.25, 0.3) is 0 Å². The van der Waals surface area contributed by atoms with Crippen molar-refractivity contribution >= 4 is 12.0 Å². The van der Waals surface area contributed by atoms with E-state index in [4.69, 9.17) is 9.84 Å². The van der Waals surface area contributed by atoms with E-state index in [-0.39, 0.29) is 6.42 Å². The molecule has 1 saturated carbocycles. The van der Waals surface area contributed by atoms with Crippen molar-refractivity contribution in [1.29, 1.82) is 0 Å². The lowest BCUT2D eigenvalue weighted by atomic mass is 10.1. The van der Waals surface area contributed by atoms with Crippen LogP contribution in [0.25, 0.3) is 0 Å². The maximum Gasteiger partial charge on any atom is 0.326 e. The highest BCUT2D eigenvalue weighted by molar-refractivity contribution is 5.82. The number of carbonyl (C=O) groups is 2. The summed E-state index contributed by atoms with van der Waals surface area (Å²) >= 11 is 0. The number of hydrogen-bond acceptors (Lipinski definition) is 3. The van der Waals surface area contributed by atoms with Crippen LogP contribution in [-0.4, -0.2) is 43.4 Å². The van der Waals surface area contributed by atoms with Gasteiger partial charge in [-0.05, 0) is 17.8 Å². The van der Waals surface area contributed by atoms with Crippen molar-refractivity contribution in [3.05, 3.63) is 0 Å². The van der Waals surface area contributed by atoms with Gasteiger partial charge in [0, 0.05) is 26.7 Å². The molecule has 6 heteroatoms. The quantitative estimate of drug-likeness (QED) is 0.631. The SMILES string of the molecule is COCCC(NC(=O)NCC1CC1(C)C)C(=O)O. The third-order valence-electron chi connectivity index (χ3n) is 3.44. The van der Waals surface area contributed by atoms with Crippen molar-refractivity contribution in [1.82, 2.24) is 10.6 Å². The number of carbonyl (C=O) groups excluding carboxylic acids is 1. The van der Waals surface area contributed by atoms with Crippen molar-refractivity contribution in [3.63, 3.8) is 0 Å². The Morgan fingerprint density at radius 1 is 1.50 bits per heavy atom. The normalized spacial score (nSPS) is 22.1. The lowest BCUT2D eigenvalue weighted by Gasteiger charge is -2.15. The van der Waals surface area contributed by atoms with Gasteiger partial charge in [-0.25, -0.2) is 9.59 Å². The van der Waals surface area contributed by atoms with Gasteiger partial charge < -0.3 is 20.5 Å². The summed E-state index contributed by atoms with van der Waals surface area (Å²) in [4.78, 5) is 22.4. The molecule has 18 heavy (non-hydrogen) atoms. The van der Waals surface area contributed by atoms with Crippen LogP contribution in [0.1, 0.15) is 26.7 Å². The van der Waals surface area contributed by atoms with Crippen molar-refractivity contribution in [2.45, 2.75) is 32.7 Å². The number of urea groups is 1. The second-order valence-corrected chi connectivity index (χ2v) is 5.42. The largest absolute Gasteiger partial charge is 0.480 e. The Hall–Kier alpha value is -1.30. The van der Waals surface area contributed by atoms with E-state index in [1.807, 2.05) is 0 Å². The monoisotopic (exact) mass is 258 g/mol. The first kappa shape index (κ1) is 14.8. The van der Waals surface area contributed by atoms with E-state index in [1.54, 1.807) is 0 Å². The molecule has 3 N–H and O–H groups in total. The molecule has 0 aromatic rings. The number of amides is 2. The highest BCUT2D eigenvalue weighted by atomic mass is 16.5. The summed E-state index contributed by atoms with van der Waals surface area (Å²) in [7, 11) is 1.49. The molecule has 0 aromatic carbocycles. The second-order valence-electron chi connectivity index (χ2n) is 5.42. The summed E-state index contributed by atoms with van der Waals surface area (Å²) < 4.78 is 4.80. The molecular weight excluding hydrogens is 236 g/mol. The molecule has 0 aromatic heterocycles. The molecule has 2 atom stereocenters. The zero-order valence-corrected chi connectivity index (χ0v) is 11.2. The van der Waals surface area contributed by atoms with Crippen molar-refractivity contribution < 1.29 is 19.4 Å². The highest BCUT2D eigenvalue weighted by Gasteiger charge is 2.45. The van der Waals surface area contributed by atoms with Crippen LogP contribution < -0.4 is 10.6 Å². The van der Waals surface area contributed by atoms with Gasteiger partial charge in [-0.1, -0.05) is 13.8 Å². The number of nitrogens with one attached hydrogen (secondary N) is 2. The Balaban J connectivity index is 2.26. The maximum atomic E-state index is 11.5. The van der Waals surface area contributed by atoms with E-state index in [2.05, 4.69) is 24.5 Å². The average molecular weight is 258 g/mol. The van der Waals surface area contributed by atoms with Crippen LogP contribution >= 0.6 is 0 Å². The predicted octanol–water partition coefficient (Wildman–Crippen LogP) is 0.821. The molecule has 1 aliphatic rings. The van der Waals surface area contributed by atoms with Crippen LogP contribution in [-0.2, 0) is 9.53 Å². The molecule has 0 heterocycles. The third kappa shape index (κ3) is 4.52. The second kappa shape index (κ2) is 6.04. The van der Waals surface area contributed by atoms with E-state index >= 15 is 0 Å². The minimum absolute atomic E-state index is 0.258. The summed E-state index contributed by atoms with van der Waals surface area (Å²) in [5.41, 5.74) is 0.301. The molecule has 1 rings (SSSR count). The van der Waals surface area contributed by atoms with E-state index in [0.29, 0.717) is 24.5 Å². The highest BCUT2D eigenvalue weighted by Crippen LogP contribution is 2.50. The van der Waals surface area contributed by atoms with Crippen LogP contribution in [0.5, 0.6) is 0 Å². The Morgan fingerprint density at radius 2 is 2.11 bits per heavy atom. The minimum atomic E-state index is -1.05. The van der Waals surface area contributed by atoms with Crippen LogP contribution in [0.2, 0.25) is 0 Å². The first-order valence-corrected chi connectivity index (χ1v) is 6.13.